The van der Waals surface area contributed by atoms with E-state index in [1.54, 1.807) is 24.3 Å². The van der Waals surface area contributed by atoms with Gasteiger partial charge in [0, 0.05) is 4.47 Å². The number of unbranched alkanes of at least 4 members (excludes halogenated alkanes) is 6. The molecule has 0 aliphatic heterocycles. The highest BCUT2D eigenvalue weighted by Crippen LogP contribution is 2.57. The molecule has 0 aromatic heterocycles. The van der Waals surface area contributed by atoms with Crippen LogP contribution in [0.5, 0.6) is 11.5 Å². The molecule has 4 aromatic rings. The number of aryl methyl sites for hydroxylation is 1. The van der Waals surface area contributed by atoms with Gasteiger partial charge in [0.2, 0.25) is 0 Å². The molecule has 0 spiro atoms. The first-order chi connectivity index (χ1) is 24.3. The Bertz CT molecular complexity index is 1740. The van der Waals surface area contributed by atoms with E-state index >= 15 is 0 Å². The Morgan fingerprint density at radius 1 is 0.660 bits per heavy atom. The zero-order chi connectivity index (χ0) is 35.7. The van der Waals surface area contributed by atoms with E-state index in [-0.39, 0.29) is 11.1 Å². The summed E-state index contributed by atoms with van der Waals surface area (Å²) in [6.45, 7) is 5.15. The minimum Gasteiger partial charge on any atom is -0.493 e. The van der Waals surface area contributed by atoms with Crippen LogP contribution in [0.3, 0.4) is 0 Å². The first kappa shape index (κ1) is 37.5. The van der Waals surface area contributed by atoms with Crippen molar-refractivity contribution >= 4 is 40.5 Å². The maximum absolute atomic E-state index is 12.8. The Kier molecular flexibility index (Phi) is 13.1. The monoisotopic (exact) mass is 758 g/mol. The molecule has 0 saturated heterocycles. The number of hydrogen-bond donors (Lipinski definition) is 3. The average molecular weight is 760 g/mol. The van der Waals surface area contributed by atoms with Gasteiger partial charge in [-0.1, -0.05) is 105 Å². The van der Waals surface area contributed by atoms with Gasteiger partial charge in [-0.15, -0.1) is 0 Å². The van der Waals surface area contributed by atoms with E-state index in [1.165, 1.54) is 0 Å². The van der Waals surface area contributed by atoms with Crippen molar-refractivity contribution in [1.82, 2.24) is 0 Å². The average Bonchev–Trinajstić information content (AvgIpc) is 3.39. The fourth-order valence-electron chi connectivity index (χ4n) is 7.10. The Labute approximate surface area is 309 Å². The van der Waals surface area contributed by atoms with Crippen LogP contribution in [-0.2, 0) is 11.8 Å². The minimum absolute atomic E-state index is 0.0686. The lowest BCUT2D eigenvalue weighted by Gasteiger charge is -2.35. The summed E-state index contributed by atoms with van der Waals surface area (Å²) < 4.78 is 13.0. The van der Waals surface area contributed by atoms with Crippen molar-refractivity contribution in [3.63, 3.8) is 0 Å². The molecule has 1 aliphatic rings. The summed E-state index contributed by atoms with van der Waals surface area (Å²) in [7, 11) is 0. The summed E-state index contributed by atoms with van der Waals surface area (Å²) >= 11 is 8.16. The van der Waals surface area contributed by atoms with Crippen molar-refractivity contribution in [2.75, 3.05) is 19.0 Å². The lowest BCUT2D eigenvalue weighted by Crippen LogP contribution is -2.29. The Hall–Kier alpha value is -3.75. The second-order valence-corrected chi connectivity index (χ2v) is 14.4. The highest BCUT2D eigenvalue weighted by atomic mass is 79.9. The molecule has 0 fully saturated rings. The lowest BCUT2D eigenvalue weighted by molar-refractivity contribution is 0.0681. The number of ether oxygens (including phenoxy) is 2. The minimum atomic E-state index is -1.08. The number of thiol groups is 1. The fourth-order valence-corrected chi connectivity index (χ4v) is 7.62. The van der Waals surface area contributed by atoms with Crippen molar-refractivity contribution < 1.29 is 29.3 Å². The smallest absolute Gasteiger partial charge is 0.339 e. The molecule has 6 nitrogen and oxygen atoms in total. The number of fused-ring (bicyclic) bond motifs is 3. The number of aromatic carboxylic acids is 2. The topological polar surface area (TPSA) is 93.1 Å². The predicted octanol–water partition coefficient (Wildman–Crippen LogP) is 11.0. The van der Waals surface area contributed by atoms with E-state index in [0.29, 0.717) is 35.8 Å². The fraction of sp³-hybridized carbons (Fsp3) is 0.381. The van der Waals surface area contributed by atoms with Gasteiger partial charge >= 0.3 is 11.9 Å². The molecule has 0 heterocycles. The molecule has 8 heteroatoms. The molecule has 4 aromatic carbocycles. The molecular weight excluding hydrogens is 712 g/mol. The van der Waals surface area contributed by atoms with Gasteiger partial charge < -0.3 is 19.7 Å². The molecule has 0 atom stereocenters. The summed E-state index contributed by atoms with van der Waals surface area (Å²) in [5.74, 6) is -0.779. The molecule has 0 amide bonds. The quantitative estimate of drug-likeness (QED) is 0.0573. The normalized spacial score (nSPS) is 12.7. The van der Waals surface area contributed by atoms with Crippen LogP contribution < -0.4 is 9.47 Å². The van der Waals surface area contributed by atoms with Crippen molar-refractivity contribution in [3.05, 3.63) is 116 Å². The first-order valence-corrected chi connectivity index (χ1v) is 19.2. The number of benzene rings is 4. The summed E-state index contributed by atoms with van der Waals surface area (Å²) in [6.07, 6.45) is 9.83. The molecule has 2 N–H and O–H groups in total. The van der Waals surface area contributed by atoms with E-state index in [0.717, 1.165) is 102 Å². The van der Waals surface area contributed by atoms with Crippen LogP contribution in [0.1, 0.15) is 120 Å². The van der Waals surface area contributed by atoms with Crippen LogP contribution >= 0.6 is 28.6 Å². The van der Waals surface area contributed by atoms with Crippen molar-refractivity contribution in [2.45, 2.75) is 83.5 Å². The van der Waals surface area contributed by atoms with Crippen LogP contribution in [0.2, 0.25) is 0 Å². The van der Waals surface area contributed by atoms with Crippen LogP contribution in [0.4, 0.5) is 0 Å². The molecule has 0 radical (unpaired) electrons. The second kappa shape index (κ2) is 17.5. The number of carboxylic acids is 2. The van der Waals surface area contributed by atoms with Crippen molar-refractivity contribution in [1.29, 1.82) is 0 Å². The maximum Gasteiger partial charge on any atom is 0.339 e. The number of rotatable bonds is 19. The number of halogens is 1. The van der Waals surface area contributed by atoms with Crippen LogP contribution in [-0.4, -0.2) is 41.1 Å². The molecule has 0 bridgehead atoms. The third-order valence-corrected chi connectivity index (χ3v) is 10.4. The van der Waals surface area contributed by atoms with Crippen LogP contribution in [0, 0.1) is 0 Å². The van der Waals surface area contributed by atoms with Gasteiger partial charge in [-0.25, -0.2) is 9.59 Å². The second-order valence-electron chi connectivity index (χ2n) is 13.0. The predicted molar refractivity (Wildman–Crippen MR) is 207 cm³/mol. The van der Waals surface area contributed by atoms with Gasteiger partial charge in [0.05, 0.1) is 18.6 Å². The highest BCUT2D eigenvalue weighted by Gasteiger charge is 2.47. The lowest BCUT2D eigenvalue weighted by atomic mass is 9.67. The van der Waals surface area contributed by atoms with E-state index in [9.17, 15) is 19.8 Å². The number of carboxylic acid groups (broad SMARTS) is 2. The number of hydrogen-bond acceptors (Lipinski definition) is 5. The molecular formula is C42H47BrO6S. The summed E-state index contributed by atoms with van der Waals surface area (Å²) in [5, 5.41) is 21.0. The summed E-state index contributed by atoms with van der Waals surface area (Å²) in [5.41, 5.74) is 5.57. The van der Waals surface area contributed by atoms with E-state index in [1.807, 2.05) is 18.2 Å². The van der Waals surface area contributed by atoms with Gasteiger partial charge in [-0.3, -0.25) is 0 Å². The summed E-state index contributed by atoms with van der Waals surface area (Å²) in [4.78, 5) is 25.7. The molecule has 0 unspecified atom stereocenters. The summed E-state index contributed by atoms with van der Waals surface area (Å²) in [6, 6.07) is 23.4. The third kappa shape index (κ3) is 7.92. The molecule has 0 saturated carbocycles. The van der Waals surface area contributed by atoms with Gasteiger partial charge in [0.25, 0.3) is 0 Å². The van der Waals surface area contributed by atoms with E-state index < -0.39 is 17.4 Å². The Balaban J connectivity index is 1.75. The van der Waals surface area contributed by atoms with Gasteiger partial charge in [0.15, 0.2) is 0 Å². The van der Waals surface area contributed by atoms with Gasteiger partial charge in [-0.05, 0) is 107 Å². The number of carbonyl (C=O) groups is 2. The van der Waals surface area contributed by atoms with Crippen molar-refractivity contribution in [3.8, 4) is 22.6 Å². The first-order valence-electron chi connectivity index (χ1n) is 17.8. The molecule has 50 heavy (non-hydrogen) atoms. The largest absolute Gasteiger partial charge is 0.493 e. The Morgan fingerprint density at radius 3 is 1.68 bits per heavy atom. The van der Waals surface area contributed by atoms with Crippen LogP contribution in [0.25, 0.3) is 11.1 Å². The van der Waals surface area contributed by atoms with E-state index in [4.69, 9.17) is 9.47 Å². The zero-order valence-electron chi connectivity index (χ0n) is 29.0. The standard InChI is InChI=1S/C42H47BrO6S/c1-3-5-7-9-21-48-38-19-14-29(25-34(38)40(44)45)42(30-15-20-39(35(26-30)41(46)47)49-22-10-8-6-4-2)36-24-28(12-11-23-50)13-17-32(36)33-18-16-31(43)27-37(33)42/h13-20,24-27,50H,3-12,21-23H2,1-2H3,(H,44,45)(H,46,47). The molecule has 5 rings (SSSR count). The Morgan fingerprint density at radius 2 is 1.18 bits per heavy atom. The molecule has 1 aliphatic carbocycles. The van der Waals surface area contributed by atoms with Gasteiger partial charge in [-0.2, -0.15) is 12.6 Å². The van der Waals surface area contributed by atoms with Crippen LogP contribution in [0.15, 0.2) is 77.3 Å². The van der Waals surface area contributed by atoms with Crippen molar-refractivity contribution in [2.24, 2.45) is 0 Å². The zero-order valence-corrected chi connectivity index (χ0v) is 31.5. The highest BCUT2D eigenvalue weighted by molar-refractivity contribution is 9.10. The molecule has 264 valence electrons. The SMILES string of the molecule is CCCCCCOc1ccc(C2(c3ccc(OCCCCCC)c(C(=O)O)c3)c3cc(Br)ccc3-c3ccc(CCCS)cc32)cc1C(=O)O. The van der Waals surface area contributed by atoms with E-state index in [2.05, 4.69) is 72.7 Å². The third-order valence-electron chi connectivity index (χ3n) is 9.58. The maximum atomic E-state index is 12.8. The van der Waals surface area contributed by atoms with Gasteiger partial charge in [0.1, 0.15) is 22.6 Å².